The van der Waals surface area contributed by atoms with Gasteiger partial charge in [0, 0.05) is 6.42 Å². The lowest BCUT2D eigenvalue weighted by atomic mass is 10.1. The van der Waals surface area contributed by atoms with E-state index in [1.807, 2.05) is 48.5 Å². The quantitative estimate of drug-likeness (QED) is 0.215. The minimum absolute atomic E-state index is 0.104. The van der Waals surface area contributed by atoms with Gasteiger partial charge in [-0.25, -0.2) is 4.79 Å². The Morgan fingerprint density at radius 2 is 1.79 bits per heavy atom. The van der Waals surface area contributed by atoms with Crippen molar-refractivity contribution in [1.82, 2.24) is 0 Å². The van der Waals surface area contributed by atoms with Crippen LogP contribution in [0.3, 0.4) is 0 Å². The molecule has 3 aromatic rings. The summed E-state index contributed by atoms with van der Waals surface area (Å²) in [5, 5.41) is 0. The van der Waals surface area contributed by atoms with Crippen molar-refractivity contribution >= 4 is 11.7 Å². The van der Waals surface area contributed by atoms with Gasteiger partial charge in [0.25, 0.3) is 0 Å². The van der Waals surface area contributed by atoms with E-state index in [1.54, 1.807) is 18.2 Å². The van der Waals surface area contributed by atoms with Crippen molar-refractivity contribution < 1.29 is 33.3 Å². The van der Waals surface area contributed by atoms with Crippen molar-refractivity contribution in [3.8, 4) is 23.0 Å². The van der Waals surface area contributed by atoms with Crippen molar-refractivity contribution in [2.45, 2.75) is 13.0 Å². The molecule has 1 heterocycles. The molecule has 0 N–H and O–H groups in total. The van der Waals surface area contributed by atoms with Crippen LogP contribution in [0.4, 0.5) is 0 Å². The molecule has 0 saturated carbocycles. The third-order valence-corrected chi connectivity index (χ3v) is 5.03. The molecule has 0 fully saturated rings. The van der Waals surface area contributed by atoms with Gasteiger partial charge in [-0.1, -0.05) is 36.4 Å². The lowest BCUT2D eigenvalue weighted by Crippen LogP contribution is -2.21. The van der Waals surface area contributed by atoms with Gasteiger partial charge in [-0.2, -0.15) is 4.79 Å². The molecule has 8 heteroatoms. The minimum atomic E-state index is -0.752. The van der Waals surface area contributed by atoms with Gasteiger partial charge in [-0.05, 0) is 41.5 Å². The summed E-state index contributed by atoms with van der Waals surface area (Å²) in [6, 6.07) is 20.1. The fourth-order valence-corrected chi connectivity index (χ4v) is 3.31. The van der Waals surface area contributed by atoms with Crippen LogP contribution in [0.5, 0.6) is 23.0 Å². The van der Waals surface area contributed by atoms with Crippen molar-refractivity contribution in [2.24, 2.45) is 0 Å². The summed E-state index contributed by atoms with van der Waals surface area (Å²) in [7, 11) is 1.49. The van der Waals surface area contributed by atoms with Crippen LogP contribution < -0.4 is 18.9 Å². The maximum absolute atomic E-state index is 12.5. The van der Waals surface area contributed by atoms with E-state index in [9.17, 15) is 10.3 Å². The van der Waals surface area contributed by atoms with E-state index >= 15 is 0 Å². The molecule has 0 atom stereocenters. The highest BCUT2D eigenvalue weighted by atomic mass is 16.7. The first-order chi connectivity index (χ1) is 16.2. The van der Waals surface area contributed by atoms with Gasteiger partial charge in [-0.3, -0.25) is 0 Å². The number of rotatable bonds is 9. The summed E-state index contributed by atoms with van der Waals surface area (Å²) >= 11 is 0. The Balaban J connectivity index is 1.37. The molecule has 0 aromatic heterocycles. The zero-order valence-electron chi connectivity index (χ0n) is 18.0. The fourth-order valence-electron chi connectivity index (χ4n) is 3.31. The first kappa shape index (κ1) is 21.9. The second-order valence-electron chi connectivity index (χ2n) is 7.16. The first-order valence-corrected chi connectivity index (χ1v) is 10.3. The van der Waals surface area contributed by atoms with Crippen molar-refractivity contribution in [3.63, 3.8) is 0 Å². The highest BCUT2D eigenvalue weighted by Gasteiger charge is 2.26. The molecular weight excluding hydrogens is 424 g/mol. The number of ether oxygens (including phenoxy) is 5. The number of hydrogen-bond donors (Lipinski definition) is 0. The topological polar surface area (TPSA) is 99.6 Å². The van der Waals surface area contributed by atoms with Crippen LogP contribution in [0.15, 0.2) is 66.7 Å². The second kappa shape index (κ2) is 10.3. The predicted octanol–water partition coefficient (Wildman–Crippen LogP) is 3.81. The Morgan fingerprint density at radius 1 is 0.970 bits per heavy atom. The van der Waals surface area contributed by atoms with Crippen LogP contribution in [0.2, 0.25) is 0 Å². The summed E-state index contributed by atoms with van der Waals surface area (Å²) < 4.78 is 27.2. The number of esters is 1. The van der Waals surface area contributed by atoms with E-state index < -0.39 is 5.97 Å². The number of carbonyl (C=O) groups is 1. The van der Waals surface area contributed by atoms with E-state index in [-0.39, 0.29) is 19.1 Å². The van der Waals surface area contributed by atoms with Crippen LogP contribution in [-0.4, -0.2) is 37.0 Å². The number of methoxy groups -OCH3 is 1. The lowest BCUT2D eigenvalue weighted by Gasteiger charge is -2.11. The molecule has 1 aliphatic heterocycles. The van der Waals surface area contributed by atoms with Gasteiger partial charge < -0.3 is 29.2 Å². The largest absolute Gasteiger partial charge is 0.493 e. The van der Waals surface area contributed by atoms with E-state index in [1.165, 1.54) is 7.11 Å². The Hall–Kier alpha value is -4.29. The van der Waals surface area contributed by atoms with Crippen LogP contribution in [0.1, 0.15) is 16.7 Å². The van der Waals surface area contributed by atoms with Gasteiger partial charge in [0.15, 0.2) is 23.0 Å². The van der Waals surface area contributed by atoms with Crippen LogP contribution in [0, 0.1) is 0 Å². The highest BCUT2D eigenvalue weighted by molar-refractivity contribution is 6.40. The van der Waals surface area contributed by atoms with Crippen LogP contribution in [0.25, 0.3) is 5.53 Å². The molecule has 0 radical (unpaired) electrons. The van der Waals surface area contributed by atoms with E-state index in [0.29, 0.717) is 41.6 Å². The summed E-state index contributed by atoms with van der Waals surface area (Å²) in [5.41, 5.74) is 11.5. The lowest BCUT2D eigenvalue weighted by molar-refractivity contribution is -0.139. The molecule has 1 aliphatic rings. The standard InChI is InChI=1S/C25H22N2O6/c1-29-22-14-19(8-10-20(22)31-15-18-5-3-2-4-6-18)24(27-26)25(28)30-12-11-17-7-9-21-23(13-17)33-16-32-21/h2-10,13-14H,11-12,15-16H2,1H3. The number of hydrogen-bond acceptors (Lipinski definition) is 6. The smallest absolute Gasteiger partial charge is 0.422 e. The monoisotopic (exact) mass is 446 g/mol. The fraction of sp³-hybridized carbons (Fsp3) is 0.200. The third-order valence-electron chi connectivity index (χ3n) is 5.03. The third kappa shape index (κ3) is 5.31. The number of fused-ring (bicyclic) bond motifs is 1. The molecule has 0 aliphatic carbocycles. The average molecular weight is 446 g/mol. The molecule has 0 amide bonds. The van der Waals surface area contributed by atoms with Crippen molar-refractivity contribution in [3.05, 3.63) is 89.0 Å². The molecule has 0 spiro atoms. The second-order valence-corrected chi connectivity index (χ2v) is 7.16. The molecule has 0 unspecified atom stereocenters. The van der Waals surface area contributed by atoms with Gasteiger partial charge in [0.2, 0.25) is 6.79 Å². The maximum Gasteiger partial charge on any atom is 0.422 e. The first-order valence-electron chi connectivity index (χ1n) is 10.3. The summed E-state index contributed by atoms with van der Waals surface area (Å²) in [4.78, 5) is 15.7. The Labute approximate surface area is 190 Å². The predicted molar refractivity (Wildman–Crippen MR) is 119 cm³/mol. The highest BCUT2D eigenvalue weighted by Crippen LogP contribution is 2.32. The molecular formula is C25H22N2O6. The molecule has 8 nitrogen and oxygen atoms in total. The van der Waals surface area contributed by atoms with Gasteiger partial charge in [0.1, 0.15) is 6.61 Å². The summed E-state index contributed by atoms with van der Waals surface area (Å²) in [6.45, 7) is 0.663. The maximum atomic E-state index is 12.5. The summed E-state index contributed by atoms with van der Waals surface area (Å²) in [6.07, 6.45) is 0.469. The van der Waals surface area contributed by atoms with Crippen molar-refractivity contribution in [2.75, 3.05) is 20.5 Å². The molecule has 33 heavy (non-hydrogen) atoms. The Morgan fingerprint density at radius 3 is 2.58 bits per heavy atom. The zero-order chi connectivity index (χ0) is 23.0. The number of benzene rings is 3. The Bertz CT molecular complexity index is 1190. The van der Waals surface area contributed by atoms with Crippen LogP contribution >= 0.6 is 0 Å². The average Bonchev–Trinajstić information content (AvgIpc) is 3.32. The molecule has 168 valence electrons. The Kier molecular flexibility index (Phi) is 6.87. The molecule has 0 bridgehead atoms. The normalized spacial score (nSPS) is 11.4. The minimum Gasteiger partial charge on any atom is -0.493 e. The van der Waals surface area contributed by atoms with Gasteiger partial charge >= 0.3 is 11.7 Å². The van der Waals surface area contributed by atoms with E-state index in [2.05, 4.69) is 4.79 Å². The molecule has 3 aromatic carbocycles. The van der Waals surface area contributed by atoms with Crippen molar-refractivity contribution in [1.29, 1.82) is 0 Å². The SMILES string of the molecule is COc1cc(C(=[N+]=[N-])C(=O)OCCc2ccc3c(c2)OCO3)ccc1OCc1ccccc1. The van der Waals surface area contributed by atoms with Gasteiger partial charge in [0.05, 0.1) is 19.3 Å². The van der Waals surface area contributed by atoms with Crippen LogP contribution in [-0.2, 0) is 22.6 Å². The number of nitrogens with zero attached hydrogens (tertiary/aromatic N) is 2. The summed E-state index contributed by atoms with van der Waals surface area (Å²) in [5.74, 6) is 1.50. The molecule has 0 saturated heterocycles. The zero-order valence-corrected chi connectivity index (χ0v) is 18.0. The van der Waals surface area contributed by atoms with Gasteiger partial charge in [-0.15, -0.1) is 0 Å². The van der Waals surface area contributed by atoms with E-state index in [4.69, 9.17) is 23.7 Å². The number of carbonyl (C=O) groups excluding carboxylic acids is 1. The molecule has 4 rings (SSSR count). The van der Waals surface area contributed by atoms with E-state index in [0.717, 1.165) is 11.1 Å².